The molecule has 0 bridgehead atoms. The van der Waals surface area contributed by atoms with Crippen LogP contribution in [0.15, 0.2) is 54.7 Å². The lowest BCUT2D eigenvalue weighted by molar-refractivity contribution is -0.138. The van der Waals surface area contributed by atoms with E-state index in [2.05, 4.69) is 15.6 Å². The summed E-state index contributed by atoms with van der Waals surface area (Å²) in [5.74, 6) is -1.86. The number of primary amides is 1. The first-order valence-electron chi connectivity index (χ1n) is 12.7. The highest BCUT2D eigenvalue weighted by Crippen LogP contribution is 2.07. The monoisotopic (exact) mass is 527 g/mol. The van der Waals surface area contributed by atoms with Crippen molar-refractivity contribution >= 4 is 23.9 Å². The van der Waals surface area contributed by atoms with Crippen molar-refractivity contribution in [2.24, 2.45) is 5.73 Å². The molecule has 1 heterocycles. The zero-order valence-electron chi connectivity index (χ0n) is 21.5. The van der Waals surface area contributed by atoms with Crippen molar-refractivity contribution in [3.63, 3.8) is 0 Å². The first-order valence-corrected chi connectivity index (χ1v) is 12.7. The number of nitrogens with two attached hydrogens (primary N) is 1. The number of nitrogens with zero attached hydrogens (tertiary/aromatic N) is 2. The van der Waals surface area contributed by atoms with Crippen LogP contribution in [0.25, 0.3) is 0 Å². The molecular weight excluding hydrogens is 490 g/mol. The van der Waals surface area contributed by atoms with Gasteiger partial charge < -0.3 is 26.2 Å². The molecule has 38 heavy (non-hydrogen) atoms. The largest absolute Gasteiger partial charge is 0.480 e. The van der Waals surface area contributed by atoms with E-state index in [1.54, 1.807) is 6.20 Å². The number of aliphatic carboxylic acids is 1. The van der Waals surface area contributed by atoms with Gasteiger partial charge in [-0.25, -0.2) is 4.79 Å². The molecular formula is C27H37N5O6. The highest BCUT2D eigenvalue weighted by atomic mass is 16.5. The number of carbonyl (C=O) groups is 4. The van der Waals surface area contributed by atoms with E-state index in [-0.39, 0.29) is 26.0 Å². The van der Waals surface area contributed by atoms with Gasteiger partial charge in [0.25, 0.3) is 0 Å². The molecule has 5 N–H and O–H groups in total. The van der Waals surface area contributed by atoms with Crippen LogP contribution in [0.1, 0.15) is 49.8 Å². The predicted molar refractivity (Wildman–Crippen MR) is 141 cm³/mol. The van der Waals surface area contributed by atoms with Crippen molar-refractivity contribution in [2.45, 2.75) is 57.7 Å². The number of alkyl carbamates (subject to hydrolysis) is 1. The second-order valence-corrected chi connectivity index (χ2v) is 8.89. The number of unbranched alkanes of at least 4 members (excludes halogenated alkanes) is 3. The molecule has 0 fully saturated rings. The summed E-state index contributed by atoms with van der Waals surface area (Å²) in [6.45, 7) is 1.50. The quantitative estimate of drug-likeness (QED) is 0.214. The average Bonchev–Trinajstić information content (AvgIpc) is 2.89. The van der Waals surface area contributed by atoms with Gasteiger partial charge in [0.1, 0.15) is 12.6 Å². The topological polar surface area (TPSA) is 164 Å². The van der Waals surface area contributed by atoms with Crippen LogP contribution in [0.2, 0.25) is 0 Å². The van der Waals surface area contributed by atoms with Crippen molar-refractivity contribution in [1.29, 1.82) is 0 Å². The van der Waals surface area contributed by atoms with Gasteiger partial charge in [0.15, 0.2) is 0 Å². The molecule has 0 spiro atoms. The number of hydrogen-bond acceptors (Lipinski definition) is 7. The Labute approximate surface area is 222 Å². The van der Waals surface area contributed by atoms with Crippen LogP contribution in [0.3, 0.4) is 0 Å². The molecule has 1 aromatic heterocycles. The van der Waals surface area contributed by atoms with Crippen molar-refractivity contribution in [2.75, 3.05) is 19.6 Å². The zero-order valence-corrected chi connectivity index (χ0v) is 21.5. The van der Waals surface area contributed by atoms with E-state index in [9.17, 15) is 24.3 Å². The number of hydrogen-bond donors (Lipinski definition) is 4. The summed E-state index contributed by atoms with van der Waals surface area (Å²) in [4.78, 5) is 53.3. The maximum absolute atomic E-state index is 12.6. The normalized spacial score (nSPS) is 11.5. The van der Waals surface area contributed by atoms with Gasteiger partial charge in [-0.3, -0.25) is 24.3 Å². The first-order chi connectivity index (χ1) is 18.3. The van der Waals surface area contributed by atoms with E-state index in [4.69, 9.17) is 10.5 Å². The Morgan fingerprint density at radius 3 is 2.42 bits per heavy atom. The molecule has 2 rings (SSSR count). The molecule has 0 aliphatic rings. The van der Waals surface area contributed by atoms with Crippen LogP contribution in [-0.2, 0) is 32.3 Å². The SMILES string of the molecule is NC(=O)CCC(NC(=O)OCc1ccccc1)C(=O)NCCCCCCN(CC(=O)O)Cc1ccccn1. The summed E-state index contributed by atoms with van der Waals surface area (Å²) >= 11 is 0. The van der Waals surface area contributed by atoms with Crippen LogP contribution < -0.4 is 16.4 Å². The number of pyridine rings is 1. The fourth-order valence-electron chi connectivity index (χ4n) is 3.74. The molecule has 0 saturated heterocycles. The maximum atomic E-state index is 12.6. The number of carboxylic acid groups (broad SMARTS) is 1. The van der Waals surface area contributed by atoms with Crippen LogP contribution in [0.5, 0.6) is 0 Å². The summed E-state index contributed by atoms with van der Waals surface area (Å²) < 4.78 is 5.18. The number of benzene rings is 1. The third-order valence-corrected chi connectivity index (χ3v) is 5.67. The van der Waals surface area contributed by atoms with Crippen molar-refractivity contribution in [1.82, 2.24) is 20.5 Å². The lowest BCUT2D eigenvalue weighted by atomic mass is 10.1. The molecule has 2 aromatic rings. The van der Waals surface area contributed by atoms with Gasteiger partial charge in [-0.2, -0.15) is 0 Å². The summed E-state index contributed by atoms with van der Waals surface area (Å²) in [5.41, 5.74) is 6.84. The summed E-state index contributed by atoms with van der Waals surface area (Å²) in [7, 11) is 0. The van der Waals surface area contributed by atoms with Crippen molar-refractivity contribution < 1.29 is 29.0 Å². The first kappa shape index (κ1) is 30.2. The smallest absolute Gasteiger partial charge is 0.408 e. The van der Waals surface area contributed by atoms with E-state index in [0.29, 0.717) is 26.1 Å². The highest BCUT2D eigenvalue weighted by molar-refractivity contribution is 5.86. The van der Waals surface area contributed by atoms with Gasteiger partial charge in [-0.1, -0.05) is 49.2 Å². The van der Waals surface area contributed by atoms with Gasteiger partial charge in [0.05, 0.1) is 12.2 Å². The molecule has 206 valence electrons. The standard InChI is InChI=1S/C27H37N5O6/c28-24(33)14-13-23(31-27(37)38-20-21-10-4-3-5-11-21)26(36)30-16-7-1-2-9-17-32(19-25(34)35)18-22-12-6-8-15-29-22/h3-6,8,10-12,15,23H,1-2,7,9,13-14,16-20H2,(H2,28,33)(H,30,36)(H,31,37)(H,34,35). The van der Waals surface area contributed by atoms with E-state index >= 15 is 0 Å². The molecule has 0 aliphatic heterocycles. The second-order valence-electron chi connectivity index (χ2n) is 8.89. The van der Waals surface area contributed by atoms with Crippen LogP contribution in [0, 0.1) is 0 Å². The van der Waals surface area contributed by atoms with Crippen molar-refractivity contribution in [3.8, 4) is 0 Å². The lowest BCUT2D eigenvalue weighted by Gasteiger charge is -2.20. The number of carboxylic acids is 1. The Balaban J connectivity index is 1.69. The minimum Gasteiger partial charge on any atom is -0.480 e. The molecule has 1 aromatic carbocycles. The van der Waals surface area contributed by atoms with Gasteiger partial charge in [0.2, 0.25) is 11.8 Å². The third-order valence-electron chi connectivity index (χ3n) is 5.67. The Morgan fingerprint density at radius 1 is 1.00 bits per heavy atom. The molecule has 0 radical (unpaired) electrons. The Kier molecular flexibility index (Phi) is 13.9. The summed E-state index contributed by atoms with van der Waals surface area (Å²) in [6.07, 6.45) is 4.17. The molecule has 11 heteroatoms. The molecule has 1 atom stereocenters. The number of nitrogens with one attached hydrogen (secondary N) is 2. The maximum Gasteiger partial charge on any atom is 0.408 e. The minimum atomic E-state index is -0.943. The number of carbonyl (C=O) groups excluding carboxylic acids is 3. The van der Waals surface area contributed by atoms with Crippen LogP contribution in [-0.4, -0.2) is 64.5 Å². The Hall–Kier alpha value is -3.99. The Bertz CT molecular complexity index is 1010. The van der Waals surface area contributed by atoms with E-state index < -0.39 is 29.9 Å². The number of amides is 3. The lowest BCUT2D eigenvalue weighted by Crippen LogP contribution is -2.47. The average molecular weight is 528 g/mol. The molecule has 1 unspecified atom stereocenters. The van der Waals surface area contributed by atoms with Crippen LogP contribution >= 0.6 is 0 Å². The van der Waals surface area contributed by atoms with Crippen LogP contribution in [0.4, 0.5) is 4.79 Å². The molecule has 0 saturated carbocycles. The van der Waals surface area contributed by atoms with Crippen molar-refractivity contribution in [3.05, 3.63) is 66.0 Å². The number of aromatic nitrogens is 1. The highest BCUT2D eigenvalue weighted by Gasteiger charge is 2.22. The van der Waals surface area contributed by atoms with E-state index in [0.717, 1.165) is 30.5 Å². The van der Waals surface area contributed by atoms with E-state index in [1.165, 1.54) is 0 Å². The number of rotatable bonds is 18. The predicted octanol–water partition coefficient (Wildman–Crippen LogP) is 2.21. The minimum absolute atomic E-state index is 0.0532. The van der Waals surface area contributed by atoms with Gasteiger partial charge >= 0.3 is 12.1 Å². The summed E-state index contributed by atoms with van der Waals surface area (Å²) in [5, 5.41) is 14.5. The number of ether oxygens (including phenoxy) is 1. The third kappa shape index (κ3) is 13.4. The van der Waals surface area contributed by atoms with Gasteiger partial charge in [0, 0.05) is 25.7 Å². The molecule has 3 amide bonds. The van der Waals surface area contributed by atoms with Gasteiger partial charge in [-0.15, -0.1) is 0 Å². The zero-order chi connectivity index (χ0) is 27.6. The van der Waals surface area contributed by atoms with E-state index in [1.807, 2.05) is 53.4 Å². The van der Waals surface area contributed by atoms with Gasteiger partial charge in [-0.05, 0) is 43.5 Å². The molecule has 0 aliphatic carbocycles. The fraction of sp³-hybridized carbons (Fsp3) is 0.444. The second kappa shape index (κ2) is 17.5. The Morgan fingerprint density at radius 2 is 1.74 bits per heavy atom. The summed E-state index contributed by atoms with van der Waals surface area (Å²) in [6, 6.07) is 13.7. The molecule has 11 nitrogen and oxygen atoms in total. The fourth-order valence-corrected chi connectivity index (χ4v) is 3.74.